The van der Waals surface area contributed by atoms with Crippen molar-refractivity contribution < 1.29 is 9.53 Å². The summed E-state index contributed by atoms with van der Waals surface area (Å²) >= 11 is 3.05. The summed E-state index contributed by atoms with van der Waals surface area (Å²) in [5.41, 5.74) is 1.71. The van der Waals surface area contributed by atoms with Crippen LogP contribution in [0.15, 0.2) is 41.8 Å². The zero-order valence-electron chi connectivity index (χ0n) is 13.7. The molecule has 6 heteroatoms. The van der Waals surface area contributed by atoms with E-state index in [1.165, 1.54) is 11.3 Å². The Balaban J connectivity index is 1.80. The van der Waals surface area contributed by atoms with E-state index in [1.807, 2.05) is 55.6 Å². The predicted molar refractivity (Wildman–Crippen MR) is 99.0 cm³/mol. The molecule has 0 fully saturated rings. The summed E-state index contributed by atoms with van der Waals surface area (Å²) < 4.78 is 5.37. The molecule has 1 N–H and O–H groups in total. The molecule has 1 atom stereocenters. The lowest BCUT2D eigenvalue weighted by atomic mass is 10.1. The molecule has 2 aromatic heterocycles. The number of nitrogens with zero attached hydrogens (tertiary/aromatic N) is 1. The summed E-state index contributed by atoms with van der Waals surface area (Å²) in [4.78, 5) is 18.9. The van der Waals surface area contributed by atoms with Gasteiger partial charge in [0.2, 0.25) is 0 Å². The van der Waals surface area contributed by atoms with Gasteiger partial charge in [0, 0.05) is 5.56 Å². The number of para-hydroxylation sites is 1. The smallest absolute Gasteiger partial charge is 0.263 e. The van der Waals surface area contributed by atoms with Crippen molar-refractivity contribution in [1.29, 1.82) is 0 Å². The average molecular weight is 358 g/mol. The molecule has 4 nitrogen and oxygen atoms in total. The SMILES string of the molecule is COc1ccccc1[C@H](C)NC(=O)c1sc(-c2cccs2)nc1C. The lowest BCUT2D eigenvalue weighted by Crippen LogP contribution is -2.26. The lowest BCUT2D eigenvalue weighted by molar-refractivity contribution is 0.0943. The first-order valence-electron chi connectivity index (χ1n) is 7.55. The number of nitrogens with one attached hydrogen (secondary N) is 1. The van der Waals surface area contributed by atoms with Gasteiger partial charge >= 0.3 is 0 Å². The minimum absolute atomic E-state index is 0.105. The molecule has 0 radical (unpaired) electrons. The number of thiazole rings is 1. The van der Waals surface area contributed by atoms with Crippen molar-refractivity contribution in [3.05, 3.63) is 57.9 Å². The molecule has 2 heterocycles. The molecule has 0 aliphatic rings. The Labute approximate surface area is 149 Å². The van der Waals surface area contributed by atoms with Gasteiger partial charge in [-0.25, -0.2) is 4.98 Å². The number of thiophene rings is 1. The Hall–Kier alpha value is -2.18. The standard InChI is InChI=1S/C18H18N2O2S2/c1-11(13-7-4-5-8-14(13)22-3)19-17(21)16-12(2)20-18(24-16)15-9-6-10-23-15/h4-11H,1-3H3,(H,19,21)/t11-/m0/s1. The summed E-state index contributed by atoms with van der Waals surface area (Å²) in [7, 11) is 1.63. The number of methoxy groups -OCH3 is 1. The third-order valence-electron chi connectivity index (χ3n) is 3.69. The molecule has 1 aromatic carbocycles. The third-order valence-corrected chi connectivity index (χ3v) is 5.88. The summed E-state index contributed by atoms with van der Waals surface area (Å²) in [6, 6.07) is 11.6. The maximum Gasteiger partial charge on any atom is 0.263 e. The van der Waals surface area contributed by atoms with Gasteiger partial charge < -0.3 is 10.1 Å². The number of ether oxygens (including phenoxy) is 1. The molecule has 0 saturated carbocycles. The van der Waals surface area contributed by atoms with Crippen LogP contribution < -0.4 is 10.1 Å². The van der Waals surface area contributed by atoms with Crippen molar-refractivity contribution in [3.8, 4) is 15.6 Å². The van der Waals surface area contributed by atoms with Crippen LogP contribution in [0.1, 0.15) is 33.9 Å². The Morgan fingerprint density at radius 1 is 1.25 bits per heavy atom. The first-order chi connectivity index (χ1) is 11.6. The molecule has 0 saturated heterocycles. The number of rotatable bonds is 5. The van der Waals surface area contributed by atoms with E-state index in [9.17, 15) is 4.79 Å². The molecular formula is C18H18N2O2S2. The van der Waals surface area contributed by atoms with E-state index in [0.29, 0.717) is 4.88 Å². The van der Waals surface area contributed by atoms with Crippen LogP contribution in [-0.4, -0.2) is 18.0 Å². The fourth-order valence-electron chi connectivity index (χ4n) is 2.48. The van der Waals surface area contributed by atoms with Crippen LogP contribution in [0.25, 0.3) is 9.88 Å². The molecule has 0 unspecified atom stereocenters. The fraction of sp³-hybridized carbons (Fsp3) is 0.222. The third kappa shape index (κ3) is 3.34. The highest BCUT2D eigenvalue weighted by Gasteiger charge is 2.20. The predicted octanol–water partition coefficient (Wildman–Crippen LogP) is 4.68. The minimum atomic E-state index is -0.152. The molecule has 1 amide bonds. The van der Waals surface area contributed by atoms with Gasteiger partial charge in [0.1, 0.15) is 15.6 Å². The number of benzene rings is 1. The number of carbonyl (C=O) groups is 1. The van der Waals surface area contributed by atoms with E-state index in [4.69, 9.17) is 4.74 Å². The second-order valence-electron chi connectivity index (χ2n) is 5.35. The Kier molecular flexibility index (Phi) is 4.97. The zero-order valence-corrected chi connectivity index (χ0v) is 15.3. The number of hydrogen-bond acceptors (Lipinski definition) is 5. The van der Waals surface area contributed by atoms with Crippen molar-refractivity contribution in [2.45, 2.75) is 19.9 Å². The monoisotopic (exact) mass is 358 g/mol. The molecule has 3 aromatic rings. The van der Waals surface area contributed by atoms with Gasteiger partial charge in [-0.15, -0.1) is 22.7 Å². The van der Waals surface area contributed by atoms with E-state index in [-0.39, 0.29) is 11.9 Å². The van der Waals surface area contributed by atoms with Gasteiger partial charge in [0.15, 0.2) is 0 Å². The number of aryl methyl sites for hydroxylation is 1. The number of hydrogen-bond donors (Lipinski definition) is 1. The fourth-order valence-corrected chi connectivity index (χ4v) is 4.24. The van der Waals surface area contributed by atoms with Crippen LogP contribution in [0.5, 0.6) is 5.75 Å². The molecule has 24 heavy (non-hydrogen) atoms. The summed E-state index contributed by atoms with van der Waals surface area (Å²) in [6.07, 6.45) is 0. The molecule has 124 valence electrons. The van der Waals surface area contributed by atoms with E-state index in [1.54, 1.807) is 18.4 Å². The molecular weight excluding hydrogens is 340 g/mol. The van der Waals surface area contributed by atoms with E-state index in [0.717, 1.165) is 26.9 Å². The highest BCUT2D eigenvalue weighted by Crippen LogP contribution is 2.31. The van der Waals surface area contributed by atoms with Crippen molar-refractivity contribution in [1.82, 2.24) is 10.3 Å². The molecule has 0 spiro atoms. The normalized spacial score (nSPS) is 12.0. The average Bonchev–Trinajstić information content (AvgIpc) is 3.24. The highest BCUT2D eigenvalue weighted by atomic mass is 32.1. The molecule has 3 rings (SSSR count). The number of aromatic nitrogens is 1. The van der Waals surface area contributed by atoms with Crippen molar-refractivity contribution >= 4 is 28.6 Å². The number of amides is 1. The first-order valence-corrected chi connectivity index (χ1v) is 9.25. The number of carbonyl (C=O) groups excluding carboxylic acids is 1. The summed E-state index contributed by atoms with van der Waals surface area (Å²) in [6.45, 7) is 3.82. The molecule has 0 aliphatic heterocycles. The quantitative estimate of drug-likeness (QED) is 0.720. The van der Waals surface area contributed by atoms with Crippen LogP contribution in [0.3, 0.4) is 0 Å². The van der Waals surface area contributed by atoms with Gasteiger partial charge in [-0.05, 0) is 31.4 Å². The highest BCUT2D eigenvalue weighted by molar-refractivity contribution is 7.22. The second-order valence-corrected chi connectivity index (χ2v) is 7.29. The molecule has 0 aliphatic carbocycles. The van der Waals surface area contributed by atoms with E-state index >= 15 is 0 Å². The Morgan fingerprint density at radius 3 is 2.75 bits per heavy atom. The van der Waals surface area contributed by atoms with Gasteiger partial charge in [-0.1, -0.05) is 24.3 Å². The van der Waals surface area contributed by atoms with Crippen LogP contribution in [-0.2, 0) is 0 Å². The van der Waals surface area contributed by atoms with E-state index in [2.05, 4.69) is 10.3 Å². The lowest BCUT2D eigenvalue weighted by Gasteiger charge is -2.16. The Bertz CT molecular complexity index is 841. The zero-order chi connectivity index (χ0) is 17.1. The minimum Gasteiger partial charge on any atom is -0.496 e. The van der Waals surface area contributed by atoms with Crippen molar-refractivity contribution in [3.63, 3.8) is 0 Å². The Morgan fingerprint density at radius 2 is 2.04 bits per heavy atom. The van der Waals surface area contributed by atoms with Gasteiger partial charge in [0.05, 0.1) is 23.7 Å². The second kappa shape index (κ2) is 7.15. The summed E-state index contributed by atoms with van der Waals surface area (Å²) in [5.74, 6) is 0.664. The van der Waals surface area contributed by atoms with Crippen LogP contribution in [0.4, 0.5) is 0 Å². The van der Waals surface area contributed by atoms with Gasteiger partial charge in [-0.2, -0.15) is 0 Å². The van der Waals surface area contributed by atoms with Gasteiger partial charge in [0.25, 0.3) is 5.91 Å². The van der Waals surface area contributed by atoms with Crippen molar-refractivity contribution in [2.24, 2.45) is 0 Å². The van der Waals surface area contributed by atoms with Gasteiger partial charge in [-0.3, -0.25) is 4.79 Å². The molecule has 0 bridgehead atoms. The largest absolute Gasteiger partial charge is 0.496 e. The van der Waals surface area contributed by atoms with Crippen LogP contribution in [0.2, 0.25) is 0 Å². The van der Waals surface area contributed by atoms with E-state index < -0.39 is 0 Å². The van der Waals surface area contributed by atoms with Crippen molar-refractivity contribution in [2.75, 3.05) is 7.11 Å². The van der Waals surface area contributed by atoms with Crippen LogP contribution in [0, 0.1) is 6.92 Å². The van der Waals surface area contributed by atoms with Crippen LogP contribution >= 0.6 is 22.7 Å². The summed E-state index contributed by atoms with van der Waals surface area (Å²) in [5, 5.41) is 5.94. The maximum atomic E-state index is 12.7. The topological polar surface area (TPSA) is 51.2 Å². The first kappa shape index (κ1) is 16.7. The maximum absolute atomic E-state index is 12.7.